The third-order valence-corrected chi connectivity index (χ3v) is 4.49. The van der Waals surface area contributed by atoms with E-state index in [2.05, 4.69) is 21.2 Å². The Kier molecular flexibility index (Phi) is 4.48. The summed E-state index contributed by atoms with van der Waals surface area (Å²) in [5.41, 5.74) is 0.434. The summed E-state index contributed by atoms with van der Waals surface area (Å²) in [6.45, 7) is 3.55. The van der Waals surface area contributed by atoms with Crippen molar-refractivity contribution in [3.63, 3.8) is 0 Å². The highest BCUT2D eigenvalue weighted by molar-refractivity contribution is 9.10. The van der Waals surface area contributed by atoms with E-state index in [4.69, 9.17) is 0 Å². The van der Waals surface area contributed by atoms with Gasteiger partial charge >= 0.3 is 0 Å². The molecule has 1 aromatic rings. The Balaban J connectivity index is 0.00000133. The van der Waals surface area contributed by atoms with Crippen LogP contribution >= 0.6 is 28.3 Å². The zero-order valence-corrected chi connectivity index (χ0v) is 12.6. The Morgan fingerprint density at radius 3 is 2.53 bits per heavy atom. The molecule has 0 unspecified atom stereocenters. The van der Waals surface area contributed by atoms with Gasteiger partial charge in [-0.1, -0.05) is 0 Å². The van der Waals surface area contributed by atoms with Gasteiger partial charge in [-0.3, -0.25) is 4.79 Å². The second kappa shape index (κ2) is 5.77. The van der Waals surface area contributed by atoms with Gasteiger partial charge in [-0.25, -0.2) is 4.39 Å². The minimum atomic E-state index is -0.387. The van der Waals surface area contributed by atoms with Crippen LogP contribution in [0.1, 0.15) is 10.4 Å². The van der Waals surface area contributed by atoms with Gasteiger partial charge in [-0.2, -0.15) is 0 Å². The minimum Gasteiger partial charge on any atom is -0.338 e. The van der Waals surface area contributed by atoms with Gasteiger partial charge in [0.1, 0.15) is 5.82 Å². The summed E-state index contributed by atoms with van der Waals surface area (Å²) in [5, 5.41) is 3.34. The van der Waals surface area contributed by atoms with Gasteiger partial charge in [0.25, 0.3) is 5.91 Å². The average molecular weight is 350 g/mol. The molecule has 1 N–H and O–H groups in total. The lowest BCUT2D eigenvalue weighted by Gasteiger charge is -2.17. The van der Waals surface area contributed by atoms with E-state index in [9.17, 15) is 9.18 Å². The van der Waals surface area contributed by atoms with Gasteiger partial charge in [0.05, 0.1) is 4.47 Å². The van der Waals surface area contributed by atoms with Crippen LogP contribution < -0.4 is 5.32 Å². The molecule has 6 heteroatoms. The van der Waals surface area contributed by atoms with E-state index in [1.165, 1.54) is 6.07 Å². The molecule has 2 aliphatic heterocycles. The zero-order valence-electron chi connectivity index (χ0n) is 10.2. The smallest absolute Gasteiger partial charge is 0.253 e. The second-order valence-electron chi connectivity index (χ2n) is 5.02. The number of halogens is 3. The van der Waals surface area contributed by atoms with Gasteiger partial charge in [-0.05, 0) is 46.0 Å². The number of rotatable bonds is 1. The van der Waals surface area contributed by atoms with Crippen molar-refractivity contribution in [3.8, 4) is 0 Å². The zero-order chi connectivity index (χ0) is 12.7. The molecule has 2 atom stereocenters. The van der Waals surface area contributed by atoms with Gasteiger partial charge in [0.2, 0.25) is 0 Å². The monoisotopic (exact) mass is 348 g/mol. The lowest BCUT2D eigenvalue weighted by molar-refractivity contribution is 0.0781. The average Bonchev–Trinajstić information content (AvgIpc) is 2.92. The fraction of sp³-hybridized carbons (Fsp3) is 0.462. The first-order valence-electron chi connectivity index (χ1n) is 6.10. The lowest BCUT2D eigenvalue weighted by Crippen LogP contribution is -2.31. The van der Waals surface area contributed by atoms with E-state index in [-0.39, 0.29) is 24.1 Å². The van der Waals surface area contributed by atoms with Crippen molar-refractivity contribution < 1.29 is 9.18 Å². The first kappa shape index (κ1) is 14.8. The van der Waals surface area contributed by atoms with Crippen LogP contribution in [-0.2, 0) is 0 Å². The van der Waals surface area contributed by atoms with Crippen LogP contribution in [0, 0.1) is 17.7 Å². The fourth-order valence-electron chi connectivity index (χ4n) is 2.83. The highest BCUT2D eigenvalue weighted by Gasteiger charge is 2.38. The Morgan fingerprint density at radius 1 is 1.32 bits per heavy atom. The molecule has 1 aromatic carbocycles. The number of carbonyl (C=O) groups is 1. The lowest BCUT2D eigenvalue weighted by atomic mass is 10.0. The van der Waals surface area contributed by atoms with Crippen LogP contribution in [0.3, 0.4) is 0 Å². The maximum atomic E-state index is 13.4. The van der Waals surface area contributed by atoms with E-state index in [1.54, 1.807) is 12.1 Å². The molecule has 0 aliphatic carbocycles. The molecular formula is C13H15BrClFN2O. The quantitative estimate of drug-likeness (QED) is 0.844. The predicted molar refractivity (Wildman–Crippen MR) is 77.1 cm³/mol. The van der Waals surface area contributed by atoms with Gasteiger partial charge < -0.3 is 10.2 Å². The molecule has 2 saturated heterocycles. The van der Waals surface area contributed by atoms with E-state index >= 15 is 0 Å². The first-order valence-corrected chi connectivity index (χ1v) is 6.89. The maximum Gasteiger partial charge on any atom is 0.253 e. The Labute approximate surface area is 126 Å². The van der Waals surface area contributed by atoms with Crippen LogP contribution in [0.2, 0.25) is 0 Å². The SMILES string of the molecule is Cl.O=C(c1ccc(Br)c(F)c1)N1C[C@H]2CNC[C@H]2C1. The second-order valence-corrected chi connectivity index (χ2v) is 5.87. The van der Waals surface area contributed by atoms with Crippen molar-refractivity contribution in [1.29, 1.82) is 0 Å². The van der Waals surface area contributed by atoms with Crippen molar-refractivity contribution in [2.24, 2.45) is 11.8 Å². The van der Waals surface area contributed by atoms with Crippen LogP contribution in [0.25, 0.3) is 0 Å². The first-order chi connectivity index (χ1) is 8.65. The summed E-state index contributed by atoms with van der Waals surface area (Å²) in [7, 11) is 0. The van der Waals surface area contributed by atoms with Gasteiger partial charge in [0, 0.05) is 31.7 Å². The molecule has 3 rings (SSSR count). The number of amides is 1. The van der Waals surface area contributed by atoms with Crippen molar-refractivity contribution in [2.45, 2.75) is 0 Å². The van der Waals surface area contributed by atoms with E-state index < -0.39 is 0 Å². The highest BCUT2D eigenvalue weighted by Crippen LogP contribution is 2.28. The standard InChI is InChI=1S/C13H14BrFN2O.ClH/c14-11-2-1-8(3-12(11)15)13(18)17-6-9-4-16-5-10(9)7-17;/h1-3,9-10,16H,4-7H2;1H/t9-,10+;. The number of likely N-dealkylation sites (tertiary alicyclic amines) is 1. The third-order valence-electron chi connectivity index (χ3n) is 3.84. The van der Waals surface area contributed by atoms with Crippen molar-refractivity contribution in [2.75, 3.05) is 26.2 Å². The van der Waals surface area contributed by atoms with Crippen LogP contribution in [0.5, 0.6) is 0 Å². The molecule has 2 heterocycles. The number of carbonyl (C=O) groups excluding carboxylic acids is 1. The number of benzene rings is 1. The van der Waals surface area contributed by atoms with Crippen molar-refractivity contribution in [1.82, 2.24) is 10.2 Å². The van der Waals surface area contributed by atoms with Crippen LogP contribution in [-0.4, -0.2) is 37.0 Å². The van der Waals surface area contributed by atoms with E-state index in [1.807, 2.05) is 4.90 Å². The molecule has 1 amide bonds. The minimum absolute atomic E-state index is 0. The summed E-state index contributed by atoms with van der Waals surface area (Å²) in [6.07, 6.45) is 0. The molecule has 0 aromatic heterocycles. The van der Waals surface area contributed by atoms with Crippen LogP contribution in [0.15, 0.2) is 22.7 Å². The van der Waals surface area contributed by atoms with E-state index in [0.29, 0.717) is 21.9 Å². The van der Waals surface area contributed by atoms with Crippen molar-refractivity contribution in [3.05, 3.63) is 34.1 Å². The normalized spacial score (nSPS) is 25.1. The summed E-state index contributed by atoms with van der Waals surface area (Å²) in [5.74, 6) is 0.682. The molecule has 0 saturated carbocycles. The van der Waals surface area contributed by atoms with Crippen LogP contribution in [0.4, 0.5) is 4.39 Å². The molecule has 2 fully saturated rings. The summed E-state index contributed by atoms with van der Waals surface area (Å²) < 4.78 is 13.8. The Morgan fingerprint density at radius 2 is 1.95 bits per heavy atom. The molecule has 3 nitrogen and oxygen atoms in total. The summed E-state index contributed by atoms with van der Waals surface area (Å²) in [6, 6.07) is 4.56. The van der Waals surface area contributed by atoms with Gasteiger partial charge in [-0.15, -0.1) is 12.4 Å². The molecule has 0 bridgehead atoms. The number of hydrogen-bond donors (Lipinski definition) is 1. The topological polar surface area (TPSA) is 32.3 Å². The number of nitrogens with one attached hydrogen (secondary N) is 1. The number of nitrogens with zero attached hydrogens (tertiary/aromatic N) is 1. The number of hydrogen-bond acceptors (Lipinski definition) is 2. The molecule has 0 spiro atoms. The highest BCUT2D eigenvalue weighted by atomic mass is 79.9. The summed E-state index contributed by atoms with van der Waals surface area (Å²) >= 11 is 3.09. The molecule has 19 heavy (non-hydrogen) atoms. The fourth-order valence-corrected chi connectivity index (χ4v) is 3.08. The maximum absolute atomic E-state index is 13.4. The largest absolute Gasteiger partial charge is 0.338 e. The third kappa shape index (κ3) is 2.78. The Hall–Kier alpha value is -0.650. The molecule has 104 valence electrons. The number of fused-ring (bicyclic) bond motifs is 1. The predicted octanol–water partition coefficient (Wildman–Crippen LogP) is 2.30. The Bertz CT molecular complexity index is 488. The van der Waals surface area contributed by atoms with E-state index in [0.717, 1.165) is 26.2 Å². The molecular weight excluding hydrogens is 335 g/mol. The van der Waals surface area contributed by atoms with Gasteiger partial charge in [0.15, 0.2) is 0 Å². The van der Waals surface area contributed by atoms with Crippen molar-refractivity contribution >= 4 is 34.2 Å². The molecule has 2 aliphatic rings. The molecule has 0 radical (unpaired) electrons. The summed E-state index contributed by atoms with van der Waals surface area (Å²) in [4.78, 5) is 14.1.